The number of fused-ring (bicyclic) bond motifs is 1. The van der Waals surface area contributed by atoms with Gasteiger partial charge in [-0.05, 0) is 29.1 Å². The van der Waals surface area contributed by atoms with E-state index in [0.717, 1.165) is 16.9 Å². The molecular weight excluding hydrogens is 316 g/mol. The van der Waals surface area contributed by atoms with E-state index in [2.05, 4.69) is 28.9 Å². The number of hydrogen-bond acceptors (Lipinski definition) is 3. The lowest BCUT2D eigenvalue weighted by atomic mass is 10.1. The molecule has 120 valence electrons. The average molecular weight is 334 g/mol. The molecule has 1 aliphatic rings. The summed E-state index contributed by atoms with van der Waals surface area (Å²) in [6.45, 7) is 0.593. The van der Waals surface area contributed by atoms with Crippen LogP contribution in [0.3, 0.4) is 0 Å². The lowest BCUT2D eigenvalue weighted by Gasteiger charge is -2.22. The van der Waals surface area contributed by atoms with Crippen LogP contribution in [-0.4, -0.2) is 5.91 Å². The van der Waals surface area contributed by atoms with E-state index in [1.807, 2.05) is 53.4 Å². The highest BCUT2D eigenvalue weighted by molar-refractivity contribution is 7.10. The van der Waals surface area contributed by atoms with E-state index in [9.17, 15) is 4.79 Å². The number of nitrogens with zero attached hydrogens (tertiary/aromatic N) is 1. The largest absolute Gasteiger partial charge is 0.375 e. The molecular formula is C20H18N2OS. The van der Waals surface area contributed by atoms with Gasteiger partial charge in [0.25, 0.3) is 0 Å². The molecule has 0 bridgehead atoms. The van der Waals surface area contributed by atoms with Crippen LogP contribution in [0.1, 0.15) is 22.9 Å². The average Bonchev–Trinajstić information content (AvgIpc) is 3.11. The molecule has 24 heavy (non-hydrogen) atoms. The molecule has 4 heteroatoms. The van der Waals surface area contributed by atoms with Crippen LogP contribution in [0.15, 0.2) is 72.1 Å². The Kier molecular flexibility index (Phi) is 4.05. The molecule has 2 heterocycles. The predicted molar refractivity (Wildman–Crippen MR) is 99.4 cm³/mol. The van der Waals surface area contributed by atoms with Gasteiger partial charge in [-0.3, -0.25) is 4.79 Å². The molecule has 1 aliphatic heterocycles. The number of thiophene rings is 1. The lowest BCUT2D eigenvalue weighted by molar-refractivity contribution is -0.118. The molecule has 0 spiro atoms. The van der Waals surface area contributed by atoms with Crippen LogP contribution < -0.4 is 10.2 Å². The number of carbonyl (C=O) groups is 1. The fraction of sp³-hybridized carbons (Fsp3) is 0.150. The van der Waals surface area contributed by atoms with Crippen molar-refractivity contribution in [2.45, 2.75) is 19.0 Å². The summed E-state index contributed by atoms with van der Waals surface area (Å²) in [5, 5.41) is 5.61. The van der Waals surface area contributed by atoms with E-state index >= 15 is 0 Å². The number of para-hydroxylation sites is 2. The maximum absolute atomic E-state index is 13.0. The van der Waals surface area contributed by atoms with Crippen molar-refractivity contribution < 1.29 is 4.79 Å². The molecule has 0 saturated carbocycles. The van der Waals surface area contributed by atoms with Crippen LogP contribution in [0.2, 0.25) is 0 Å². The van der Waals surface area contributed by atoms with Crippen molar-refractivity contribution in [3.8, 4) is 0 Å². The van der Waals surface area contributed by atoms with Crippen LogP contribution in [0.25, 0.3) is 0 Å². The minimum absolute atomic E-state index is 0.0272. The second kappa shape index (κ2) is 6.49. The quantitative estimate of drug-likeness (QED) is 0.743. The number of rotatable bonds is 3. The molecule has 0 radical (unpaired) electrons. The third-order valence-electron chi connectivity index (χ3n) is 4.27. The van der Waals surface area contributed by atoms with E-state index in [1.54, 1.807) is 11.3 Å². The van der Waals surface area contributed by atoms with Gasteiger partial charge in [0.05, 0.1) is 30.4 Å². The molecule has 1 aromatic heterocycles. The summed E-state index contributed by atoms with van der Waals surface area (Å²) >= 11 is 1.69. The Bertz CT molecular complexity index is 830. The fourth-order valence-electron chi connectivity index (χ4n) is 3.09. The Labute approximate surface area is 145 Å². The van der Waals surface area contributed by atoms with Crippen molar-refractivity contribution in [2.75, 3.05) is 10.2 Å². The van der Waals surface area contributed by atoms with Gasteiger partial charge < -0.3 is 10.2 Å². The van der Waals surface area contributed by atoms with Gasteiger partial charge >= 0.3 is 0 Å². The van der Waals surface area contributed by atoms with Crippen LogP contribution in [0, 0.1) is 0 Å². The molecule has 4 rings (SSSR count). The number of nitrogens with one attached hydrogen (secondary N) is 1. The summed E-state index contributed by atoms with van der Waals surface area (Å²) in [6.07, 6.45) is 0.460. The number of amides is 1. The van der Waals surface area contributed by atoms with Gasteiger partial charge in [0, 0.05) is 4.88 Å². The first kappa shape index (κ1) is 15.0. The van der Waals surface area contributed by atoms with Crippen molar-refractivity contribution in [1.29, 1.82) is 0 Å². The molecule has 2 aromatic carbocycles. The summed E-state index contributed by atoms with van der Waals surface area (Å²) in [5.41, 5.74) is 3.10. The maximum Gasteiger partial charge on any atom is 0.229 e. The molecule has 3 nitrogen and oxygen atoms in total. The minimum atomic E-state index is 0.0272. The summed E-state index contributed by atoms with van der Waals surface area (Å²) < 4.78 is 0. The summed E-state index contributed by atoms with van der Waals surface area (Å²) in [4.78, 5) is 16.1. The van der Waals surface area contributed by atoms with E-state index in [1.165, 1.54) is 4.88 Å². The zero-order chi connectivity index (χ0) is 16.4. The standard InChI is InChI=1S/C20H18N2OS/c23-20-13-17(19-11-6-12-24-19)21-16-9-4-5-10-18(16)22(20)14-15-7-2-1-3-8-15/h1-12,17,21H,13-14H2. The topological polar surface area (TPSA) is 32.3 Å². The summed E-state index contributed by atoms with van der Waals surface area (Å²) in [7, 11) is 0. The maximum atomic E-state index is 13.0. The number of benzene rings is 2. The van der Waals surface area contributed by atoms with Crippen LogP contribution >= 0.6 is 11.3 Å². The van der Waals surface area contributed by atoms with Crippen LogP contribution in [-0.2, 0) is 11.3 Å². The molecule has 3 aromatic rings. The Morgan fingerprint density at radius 2 is 1.79 bits per heavy atom. The first-order chi connectivity index (χ1) is 11.8. The highest BCUT2D eigenvalue weighted by Gasteiger charge is 2.28. The summed E-state index contributed by atoms with van der Waals surface area (Å²) in [6, 6.07) is 22.3. The zero-order valence-corrected chi connectivity index (χ0v) is 14.0. The smallest absolute Gasteiger partial charge is 0.229 e. The third-order valence-corrected chi connectivity index (χ3v) is 5.26. The van der Waals surface area contributed by atoms with Gasteiger partial charge in [0.15, 0.2) is 0 Å². The van der Waals surface area contributed by atoms with E-state index in [0.29, 0.717) is 13.0 Å². The SMILES string of the molecule is O=C1CC(c2cccs2)Nc2ccccc2N1Cc1ccccc1. The minimum Gasteiger partial charge on any atom is -0.375 e. The Balaban J connectivity index is 1.71. The van der Waals surface area contributed by atoms with Crippen LogP contribution in [0.5, 0.6) is 0 Å². The van der Waals surface area contributed by atoms with Gasteiger partial charge in [0.1, 0.15) is 0 Å². The number of anilines is 2. The number of carbonyl (C=O) groups excluding carboxylic acids is 1. The van der Waals surface area contributed by atoms with E-state index in [4.69, 9.17) is 0 Å². The highest BCUT2D eigenvalue weighted by Crippen LogP contribution is 2.37. The third kappa shape index (κ3) is 2.93. The van der Waals surface area contributed by atoms with Crippen molar-refractivity contribution in [3.63, 3.8) is 0 Å². The molecule has 1 N–H and O–H groups in total. The number of hydrogen-bond donors (Lipinski definition) is 1. The molecule has 1 atom stereocenters. The van der Waals surface area contributed by atoms with Gasteiger partial charge in [-0.25, -0.2) is 0 Å². The zero-order valence-electron chi connectivity index (χ0n) is 13.2. The van der Waals surface area contributed by atoms with Gasteiger partial charge in [-0.1, -0.05) is 48.5 Å². The van der Waals surface area contributed by atoms with Crippen molar-refractivity contribution in [2.24, 2.45) is 0 Å². The van der Waals surface area contributed by atoms with Gasteiger partial charge in [-0.15, -0.1) is 11.3 Å². The van der Waals surface area contributed by atoms with Crippen molar-refractivity contribution >= 4 is 28.6 Å². The first-order valence-electron chi connectivity index (χ1n) is 8.04. The van der Waals surface area contributed by atoms with Crippen molar-refractivity contribution in [3.05, 3.63) is 82.6 Å². The van der Waals surface area contributed by atoms with Crippen LogP contribution in [0.4, 0.5) is 11.4 Å². The highest BCUT2D eigenvalue weighted by atomic mass is 32.1. The molecule has 0 saturated heterocycles. The monoisotopic (exact) mass is 334 g/mol. The Hall–Kier alpha value is -2.59. The molecule has 0 aliphatic carbocycles. The Morgan fingerprint density at radius 1 is 1.00 bits per heavy atom. The van der Waals surface area contributed by atoms with E-state index < -0.39 is 0 Å². The predicted octanol–water partition coefficient (Wildman–Crippen LogP) is 4.84. The molecule has 1 unspecified atom stereocenters. The second-order valence-corrected chi connectivity index (χ2v) is 6.88. The normalized spacial score (nSPS) is 17.1. The summed E-state index contributed by atoms with van der Waals surface area (Å²) in [5.74, 6) is 0.148. The van der Waals surface area contributed by atoms with E-state index in [-0.39, 0.29) is 11.9 Å². The second-order valence-electron chi connectivity index (χ2n) is 5.90. The lowest BCUT2D eigenvalue weighted by Crippen LogP contribution is -2.30. The molecule has 1 amide bonds. The van der Waals surface area contributed by atoms with Gasteiger partial charge in [-0.2, -0.15) is 0 Å². The first-order valence-corrected chi connectivity index (χ1v) is 8.92. The fourth-order valence-corrected chi connectivity index (χ4v) is 3.87. The van der Waals surface area contributed by atoms with Gasteiger partial charge in [0.2, 0.25) is 5.91 Å². The Morgan fingerprint density at radius 3 is 2.58 bits per heavy atom. The molecule has 0 fully saturated rings. The van der Waals surface area contributed by atoms with Crippen molar-refractivity contribution in [1.82, 2.24) is 0 Å².